The molecule has 1 nitrogen and oxygen atoms in total. The number of allylic oxidation sites excluding steroid dienone is 2. The molecule has 1 heteroatoms. The van der Waals surface area contributed by atoms with Crippen LogP contribution in [0.1, 0.15) is 39.0 Å². The van der Waals surface area contributed by atoms with Crippen LogP contribution in [0, 0.1) is 0 Å². The van der Waals surface area contributed by atoms with Crippen molar-refractivity contribution in [1.29, 1.82) is 0 Å². The third-order valence-corrected chi connectivity index (χ3v) is 2.36. The predicted octanol–water partition coefficient (Wildman–Crippen LogP) is 3.00. The Morgan fingerprint density at radius 2 is 2.00 bits per heavy atom. The maximum absolute atomic E-state index is 3.94. The van der Waals surface area contributed by atoms with Gasteiger partial charge in [-0.3, -0.25) is 0 Å². The summed E-state index contributed by atoms with van der Waals surface area (Å²) in [7, 11) is 0. The Balaban J connectivity index is 2.24. The molecule has 1 rings (SSSR count). The van der Waals surface area contributed by atoms with Gasteiger partial charge >= 0.3 is 0 Å². The highest BCUT2D eigenvalue weighted by atomic mass is 14.9. The predicted molar refractivity (Wildman–Crippen MR) is 54.0 cm³/mol. The summed E-state index contributed by atoms with van der Waals surface area (Å²) in [6.07, 6.45) is 10.9. The first kappa shape index (κ1) is 9.37. The molecule has 1 aliphatic rings. The summed E-state index contributed by atoms with van der Waals surface area (Å²) in [5, 5.41) is 3.44. The minimum Gasteiger partial charge on any atom is -0.383 e. The molecule has 0 radical (unpaired) electrons. The Labute approximate surface area is 75.6 Å². The standard InChI is InChI=1S/C11H19N/c1-3-7-10(2)12-11-8-5-4-6-9-11/h3,7,11-12H,2,4-6,8-9H2,1H3/b7-3+. The van der Waals surface area contributed by atoms with E-state index in [9.17, 15) is 0 Å². The Bertz CT molecular complexity index is 164. The van der Waals surface area contributed by atoms with E-state index in [1.54, 1.807) is 0 Å². The van der Waals surface area contributed by atoms with E-state index in [2.05, 4.69) is 11.9 Å². The van der Waals surface area contributed by atoms with Crippen LogP contribution in [0.3, 0.4) is 0 Å². The third kappa shape index (κ3) is 3.12. The van der Waals surface area contributed by atoms with Crippen LogP contribution in [-0.4, -0.2) is 6.04 Å². The van der Waals surface area contributed by atoms with Gasteiger partial charge in [0, 0.05) is 11.7 Å². The minimum absolute atomic E-state index is 0.683. The van der Waals surface area contributed by atoms with E-state index < -0.39 is 0 Å². The molecule has 0 atom stereocenters. The fourth-order valence-electron chi connectivity index (χ4n) is 1.76. The van der Waals surface area contributed by atoms with Gasteiger partial charge in [-0.05, 0) is 25.8 Å². The van der Waals surface area contributed by atoms with Gasteiger partial charge in [0.1, 0.15) is 0 Å². The van der Waals surface area contributed by atoms with Gasteiger partial charge in [-0.1, -0.05) is 31.9 Å². The lowest BCUT2D eigenvalue weighted by molar-refractivity contribution is 0.399. The highest BCUT2D eigenvalue weighted by Crippen LogP contribution is 2.18. The highest BCUT2D eigenvalue weighted by Gasteiger charge is 2.11. The van der Waals surface area contributed by atoms with Crippen LogP contribution >= 0.6 is 0 Å². The van der Waals surface area contributed by atoms with E-state index in [4.69, 9.17) is 0 Å². The second-order valence-corrected chi connectivity index (χ2v) is 3.50. The zero-order chi connectivity index (χ0) is 8.81. The maximum Gasteiger partial charge on any atom is 0.0265 e. The van der Waals surface area contributed by atoms with E-state index in [1.807, 2.05) is 19.1 Å². The summed E-state index contributed by atoms with van der Waals surface area (Å²) in [5.41, 5.74) is 1.06. The van der Waals surface area contributed by atoms with Crippen molar-refractivity contribution in [3.8, 4) is 0 Å². The van der Waals surface area contributed by atoms with E-state index in [0.717, 1.165) is 5.70 Å². The largest absolute Gasteiger partial charge is 0.383 e. The van der Waals surface area contributed by atoms with Crippen molar-refractivity contribution in [3.63, 3.8) is 0 Å². The van der Waals surface area contributed by atoms with Crippen LogP contribution in [0.5, 0.6) is 0 Å². The Hall–Kier alpha value is -0.720. The van der Waals surface area contributed by atoms with Crippen molar-refractivity contribution in [3.05, 3.63) is 24.4 Å². The molecule has 1 fully saturated rings. The molecule has 0 amide bonds. The molecule has 0 saturated heterocycles. The fraction of sp³-hybridized carbons (Fsp3) is 0.636. The molecule has 1 N–H and O–H groups in total. The smallest absolute Gasteiger partial charge is 0.0265 e. The molecule has 0 heterocycles. The van der Waals surface area contributed by atoms with E-state index in [-0.39, 0.29) is 0 Å². The molecule has 0 aliphatic heterocycles. The van der Waals surface area contributed by atoms with Crippen molar-refractivity contribution in [2.24, 2.45) is 0 Å². The van der Waals surface area contributed by atoms with E-state index >= 15 is 0 Å². The van der Waals surface area contributed by atoms with Gasteiger partial charge in [0.05, 0.1) is 0 Å². The van der Waals surface area contributed by atoms with Crippen molar-refractivity contribution in [2.75, 3.05) is 0 Å². The van der Waals surface area contributed by atoms with Crippen molar-refractivity contribution < 1.29 is 0 Å². The van der Waals surface area contributed by atoms with Gasteiger partial charge in [0.2, 0.25) is 0 Å². The molecule has 0 spiro atoms. The number of rotatable bonds is 3. The summed E-state index contributed by atoms with van der Waals surface area (Å²) in [4.78, 5) is 0. The molecular weight excluding hydrogens is 146 g/mol. The molecule has 0 aromatic carbocycles. The molecule has 0 aromatic rings. The molecule has 68 valence electrons. The molecule has 0 unspecified atom stereocenters. The second kappa shape index (κ2) is 5.02. The Morgan fingerprint density at radius 1 is 1.33 bits per heavy atom. The molecule has 0 aromatic heterocycles. The van der Waals surface area contributed by atoms with Crippen molar-refractivity contribution in [1.82, 2.24) is 5.32 Å². The number of hydrogen-bond acceptors (Lipinski definition) is 1. The van der Waals surface area contributed by atoms with Crippen LogP contribution in [-0.2, 0) is 0 Å². The minimum atomic E-state index is 0.683. The third-order valence-electron chi connectivity index (χ3n) is 2.36. The fourth-order valence-corrected chi connectivity index (χ4v) is 1.76. The first-order valence-electron chi connectivity index (χ1n) is 4.91. The van der Waals surface area contributed by atoms with Gasteiger partial charge in [-0.25, -0.2) is 0 Å². The lowest BCUT2D eigenvalue weighted by atomic mass is 9.95. The molecule has 1 aliphatic carbocycles. The average Bonchev–Trinajstić information content (AvgIpc) is 2.06. The van der Waals surface area contributed by atoms with Crippen LogP contribution in [0.2, 0.25) is 0 Å². The summed E-state index contributed by atoms with van der Waals surface area (Å²) in [6.45, 7) is 5.96. The van der Waals surface area contributed by atoms with Crippen LogP contribution < -0.4 is 5.32 Å². The molecule has 12 heavy (non-hydrogen) atoms. The van der Waals surface area contributed by atoms with Gasteiger partial charge in [-0.15, -0.1) is 0 Å². The summed E-state index contributed by atoms with van der Waals surface area (Å²) >= 11 is 0. The summed E-state index contributed by atoms with van der Waals surface area (Å²) in [5.74, 6) is 0. The van der Waals surface area contributed by atoms with Crippen LogP contribution in [0.4, 0.5) is 0 Å². The van der Waals surface area contributed by atoms with Crippen LogP contribution in [0.15, 0.2) is 24.4 Å². The average molecular weight is 165 g/mol. The topological polar surface area (TPSA) is 12.0 Å². The molecular formula is C11H19N. The first-order valence-corrected chi connectivity index (χ1v) is 4.91. The van der Waals surface area contributed by atoms with Gasteiger partial charge < -0.3 is 5.32 Å². The normalized spacial score (nSPS) is 19.8. The van der Waals surface area contributed by atoms with Crippen molar-refractivity contribution in [2.45, 2.75) is 45.1 Å². The van der Waals surface area contributed by atoms with Gasteiger partial charge in [-0.2, -0.15) is 0 Å². The monoisotopic (exact) mass is 165 g/mol. The second-order valence-electron chi connectivity index (χ2n) is 3.50. The maximum atomic E-state index is 3.94. The zero-order valence-electron chi connectivity index (χ0n) is 7.97. The SMILES string of the molecule is C=C(/C=C/C)NC1CCCCC1. The number of nitrogens with one attached hydrogen (secondary N) is 1. The van der Waals surface area contributed by atoms with Gasteiger partial charge in [0.25, 0.3) is 0 Å². The van der Waals surface area contributed by atoms with E-state index in [1.165, 1.54) is 32.1 Å². The zero-order valence-corrected chi connectivity index (χ0v) is 7.97. The number of hydrogen-bond donors (Lipinski definition) is 1. The van der Waals surface area contributed by atoms with Gasteiger partial charge in [0.15, 0.2) is 0 Å². The first-order chi connectivity index (χ1) is 5.83. The summed E-state index contributed by atoms with van der Waals surface area (Å²) < 4.78 is 0. The lowest BCUT2D eigenvalue weighted by Crippen LogP contribution is -2.29. The summed E-state index contributed by atoms with van der Waals surface area (Å²) in [6, 6.07) is 0.683. The van der Waals surface area contributed by atoms with E-state index in [0.29, 0.717) is 6.04 Å². The quantitative estimate of drug-likeness (QED) is 0.634. The van der Waals surface area contributed by atoms with Crippen LogP contribution in [0.25, 0.3) is 0 Å². The highest BCUT2D eigenvalue weighted by molar-refractivity contribution is 5.12. The Morgan fingerprint density at radius 3 is 2.58 bits per heavy atom. The Kier molecular flexibility index (Phi) is 3.92. The molecule has 0 bridgehead atoms. The molecule has 1 saturated carbocycles. The van der Waals surface area contributed by atoms with Crippen molar-refractivity contribution >= 4 is 0 Å². The lowest BCUT2D eigenvalue weighted by Gasteiger charge is -2.23.